The van der Waals surface area contributed by atoms with E-state index in [0.717, 1.165) is 17.2 Å². The molecule has 1 unspecified atom stereocenters. The largest absolute Gasteiger partial charge is 0.465 e. The number of carbonyl (C=O) groups excluding carboxylic acids is 1. The lowest BCUT2D eigenvalue weighted by molar-refractivity contribution is -0.145. The zero-order chi connectivity index (χ0) is 28.6. The van der Waals surface area contributed by atoms with Gasteiger partial charge in [0, 0.05) is 11.1 Å². The Morgan fingerprint density at radius 3 is 2.74 bits per heavy atom. The molecule has 0 spiro atoms. The van der Waals surface area contributed by atoms with Gasteiger partial charge in [-0.3, -0.25) is 13.9 Å². The topological polar surface area (TPSA) is 233 Å². The molecule has 5 N–H and O–H groups in total. The number of unbranched alkanes of at least 4 members (excludes halogenated alkanes) is 1. The first-order valence-electron chi connectivity index (χ1n) is 11.9. The van der Waals surface area contributed by atoms with Crippen LogP contribution in [0.15, 0.2) is 52.5 Å². The number of anilines is 1. The zero-order valence-electron chi connectivity index (χ0n) is 21.2. The molecule has 1 aromatic carbocycles. The van der Waals surface area contributed by atoms with Gasteiger partial charge in [-0.1, -0.05) is 36.7 Å². The molecular weight excluding hydrogens is 537 g/mol. The van der Waals surface area contributed by atoms with Gasteiger partial charge in [0.2, 0.25) is 5.72 Å². The van der Waals surface area contributed by atoms with E-state index in [1.807, 2.05) is 6.92 Å². The Labute approximate surface area is 222 Å². The van der Waals surface area contributed by atoms with E-state index in [1.165, 1.54) is 25.1 Å². The van der Waals surface area contributed by atoms with Crippen molar-refractivity contribution in [1.82, 2.24) is 14.6 Å². The molecule has 1 fully saturated rings. The maximum Gasteiger partial charge on any atom is 0.459 e. The van der Waals surface area contributed by atoms with Crippen molar-refractivity contribution < 1.29 is 38.1 Å². The summed E-state index contributed by atoms with van der Waals surface area (Å²) in [4.78, 5) is 30.9. The van der Waals surface area contributed by atoms with Gasteiger partial charge < -0.3 is 29.9 Å². The Bertz CT molecular complexity index is 1290. The number of carbonyl (C=O) groups is 1. The number of nitrogens with zero attached hydrogens (tertiary/aromatic N) is 5. The number of aliphatic hydroxyl groups excluding tert-OH is 2. The van der Waals surface area contributed by atoms with Crippen LogP contribution in [0.25, 0.3) is 10.4 Å². The maximum absolute atomic E-state index is 13.8. The fourth-order valence-electron chi connectivity index (χ4n) is 3.54. The first-order chi connectivity index (χ1) is 18.5. The summed E-state index contributed by atoms with van der Waals surface area (Å²) in [5.74, 6) is -0.721. The highest BCUT2D eigenvalue weighted by atomic mass is 31.2. The van der Waals surface area contributed by atoms with Crippen molar-refractivity contribution in [2.24, 2.45) is 5.11 Å². The molecule has 16 nitrogen and oxygen atoms in total. The highest BCUT2D eigenvalue weighted by molar-refractivity contribution is 7.52. The number of rotatable bonds is 13. The second-order valence-electron chi connectivity index (χ2n) is 8.57. The lowest BCUT2D eigenvalue weighted by Crippen LogP contribution is -2.45. The molecule has 1 aliphatic heterocycles. The molecule has 1 saturated heterocycles. The molecule has 0 amide bonds. The van der Waals surface area contributed by atoms with Crippen LogP contribution < -0.4 is 21.0 Å². The third kappa shape index (κ3) is 7.34. The van der Waals surface area contributed by atoms with Crippen LogP contribution in [0.2, 0.25) is 0 Å². The summed E-state index contributed by atoms with van der Waals surface area (Å²) in [5.41, 5.74) is 11.4. The van der Waals surface area contributed by atoms with Crippen molar-refractivity contribution in [3.63, 3.8) is 0 Å². The second-order valence-corrected chi connectivity index (χ2v) is 10.3. The zero-order valence-corrected chi connectivity index (χ0v) is 22.1. The second kappa shape index (κ2) is 13.0. The Kier molecular flexibility index (Phi) is 10.1. The van der Waals surface area contributed by atoms with Gasteiger partial charge in [-0.2, -0.15) is 10.1 Å². The van der Waals surface area contributed by atoms with Crippen LogP contribution in [0.1, 0.15) is 32.9 Å². The molecule has 6 atom stereocenters. The predicted molar refractivity (Wildman–Crippen MR) is 136 cm³/mol. The minimum absolute atomic E-state index is 0.0960. The number of benzene rings is 1. The fraction of sp³-hybridized carbons (Fsp3) is 0.500. The van der Waals surface area contributed by atoms with E-state index in [1.54, 1.807) is 18.2 Å². The molecular formula is C22H30N7O9P. The van der Waals surface area contributed by atoms with Crippen molar-refractivity contribution >= 4 is 19.5 Å². The van der Waals surface area contributed by atoms with Gasteiger partial charge in [-0.05, 0) is 37.1 Å². The number of aliphatic hydroxyl groups is 2. The lowest BCUT2D eigenvalue weighted by atomic mass is 10.1. The summed E-state index contributed by atoms with van der Waals surface area (Å²) in [7, 11) is -4.47. The number of aromatic nitrogens is 2. The quantitative estimate of drug-likeness (QED) is 0.0675. The number of para-hydroxylation sites is 1. The number of esters is 1. The first-order valence-corrected chi connectivity index (χ1v) is 13.5. The number of nitrogens with two attached hydrogens (primary N) is 1. The van der Waals surface area contributed by atoms with Crippen LogP contribution >= 0.6 is 7.75 Å². The van der Waals surface area contributed by atoms with E-state index in [0.29, 0.717) is 6.42 Å². The van der Waals surface area contributed by atoms with Crippen molar-refractivity contribution in [2.45, 2.75) is 56.9 Å². The van der Waals surface area contributed by atoms with Crippen LogP contribution in [0.5, 0.6) is 5.75 Å². The molecule has 2 aromatic rings. The number of ether oxygens (including phenoxy) is 2. The smallest absolute Gasteiger partial charge is 0.459 e. The van der Waals surface area contributed by atoms with Crippen LogP contribution in [-0.4, -0.2) is 62.9 Å². The fourth-order valence-corrected chi connectivity index (χ4v) is 5.05. The van der Waals surface area contributed by atoms with Crippen molar-refractivity contribution in [3.8, 4) is 5.75 Å². The molecule has 0 aliphatic carbocycles. The monoisotopic (exact) mass is 567 g/mol. The standard InChI is InChI=1S/C22H30N7O9P/c1-3-4-12-35-20(32)14(2)26-39(34,38-15-8-6-5-7-9-15)36-13-22(27-28-24)18(31)17(30)19(37-22)29-11-10-16(23)25-21(29)33/h5-11,14,17-19,30-31H,3-4,12-13H2,1-2H3,(H,26,34)(H2,23,25,33)/t14-,17-,18+,19-,22-,39?/m1/s1. The molecule has 17 heteroatoms. The molecule has 3 rings (SSSR count). The maximum atomic E-state index is 13.8. The molecule has 2 heterocycles. The van der Waals surface area contributed by atoms with Crippen LogP contribution in [0.3, 0.4) is 0 Å². The molecule has 0 radical (unpaired) electrons. The highest BCUT2D eigenvalue weighted by Crippen LogP contribution is 2.48. The van der Waals surface area contributed by atoms with Crippen molar-refractivity contribution in [3.05, 3.63) is 63.5 Å². The minimum atomic E-state index is -4.47. The number of nitrogens with one attached hydrogen (secondary N) is 1. The summed E-state index contributed by atoms with van der Waals surface area (Å²) in [6.45, 7) is 2.53. The summed E-state index contributed by atoms with van der Waals surface area (Å²) < 4.78 is 36.4. The Morgan fingerprint density at radius 1 is 1.38 bits per heavy atom. The lowest BCUT2D eigenvalue weighted by Gasteiger charge is -2.29. The van der Waals surface area contributed by atoms with Gasteiger partial charge in [0.05, 0.1) is 13.2 Å². The number of hydrogen-bond acceptors (Lipinski definition) is 12. The van der Waals surface area contributed by atoms with Crippen molar-refractivity contribution in [1.29, 1.82) is 0 Å². The molecule has 1 aliphatic rings. The number of hydrogen-bond donors (Lipinski definition) is 4. The van der Waals surface area contributed by atoms with E-state index in [2.05, 4.69) is 20.1 Å². The van der Waals surface area contributed by atoms with Gasteiger partial charge in [0.25, 0.3) is 0 Å². The van der Waals surface area contributed by atoms with Crippen LogP contribution in [0, 0.1) is 0 Å². The third-order valence-corrected chi connectivity index (χ3v) is 7.22. The number of azide groups is 1. The highest BCUT2D eigenvalue weighted by Gasteiger charge is 2.56. The summed E-state index contributed by atoms with van der Waals surface area (Å²) in [6, 6.07) is 7.94. The summed E-state index contributed by atoms with van der Waals surface area (Å²) in [5, 5.41) is 27.3. The van der Waals surface area contributed by atoms with Gasteiger partial charge in [0.15, 0.2) is 6.23 Å². The predicted octanol–water partition coefficient (Wildman–Crippen LogP) is 1.61. The van der Waals surface area contributed by atoms with Crippen LogP contribution in [-0.2, 0) is 23.4 Å². The van der Waals surface area contributed by atoms with E-state index in [9.17, 15) is 29.9 Å². The average molecular weight is 567 g/mol. The van der Waals surface area contributed by atoms with Gasteiger partial charge in [-0.15, -0.1) is 0 Å². The average Bonchev–Trinajstić information content (AvgIpc) is 3.14. The molecule has 0 bridgehead atoms. The molecule has 1 aromatic heterocycles. The van der Waals surface area contributed by atoms with Gasteiger partial charge >= 0.3 is 19.4 Å². The van der Waals surface area contributed by atoms with E-state index in [-0.39, 0.29) is 18.2 Å². The molecule has 0 saturated carbocycles. The van der Waals surface area contributed by atoms with Gasteiger partial charge in [0.1, 0.15) is 29.8 Å². The molecule has 39 heavy (non-hydrogen) atoms. The molecule has 212 valence electrons. The van der Waals surface area contributed by atoms with E-state index < -0.39 is 56.2 Å². The minimum Gasteiger partial charge on any atom is -0.465 e. The summed E-state index contributed by atoms with van der Waals surface area (Å²) >= 11 is 0. The Hall–Kier alpha value is -3.49. The first kappa shape index (κ1) is 30.1. The van der Waals surface area contributed by atoms with Crippen molar-refractivity contribution in [2.75, 3.05) is 18.9 Å². The summed E-state index contributed by atoms with van der Waals surface area (Å²) in [6.07, 6.45) is -2.75. The Morgan fingerprint density at radius 2 is 2.10 bits per heavy atom. The SMILES string of the molecule is CCCCOC(=O)[C@@H](C)NP(=O)(OC[C@@]1(N=[N+]=[N-])O[C@@H](n2ccc(N)nc2=O)[C@H](O)[C@@H]1O)Oc1ccccc1. The normalized spacial score (nSPS) is 24.8. The van der Waals surface area contributed by atoms with E-state index >= 15 is 0 Å². The van der Waals surface area contributed by atoms with Crippen LogP contribution in [0.4, 0.5) is 5.82 Å². The Balaban J connectivity index is 1.87. The van der Waals surface area contributed by atoms with E-state index in [4.69, 9.17) is 24.3 Å². The third-order valence-electron chi connectivity index (χ3n) is 5.60. The number of nitrogen functional groups attached to an aromatic ring is 1. The van der Waals surface area contributed by atoms with Gasteiger partial charge in [-0.25, -0.2) is 9.36 Å².